The van der Waals surface area contributed by atoms with Gasteiger partial charge in [0.15, 0.2) is 0 Å². The highest BCUT2D eigenvalue weighted by Crippen LogP contribution is 2.14. The molecule has 4 nitrogen and oxygen atoms in total. The number of carboxylic acid groups (broad SMARTS) is 1. The minimum atomic E-state index is -0.919. The van der Waals surface area contributed by atoms with Crippen LogP contribution in [0.15, 0.2) is 28.7 Å². The van der Waals surface area contributed by atoms with Gasteiger partial charge in [0, 0.05) is 16.4 Å². The summed E-state index contributed by atoms with van der Waals surface area (Å²) in [4.78, 5) is 22.4. The Bertz CT molecular complexity index is 472. The fourth-order valence-corrected chi connectivity index (χ4v) is 2.26. The Morgan fingerprint density at radius 2 is 2.05 bits per heavy atom. The Hall–Kier alpha value is -1.36. The minimum Gasteiger partial charge on any atom is -0.481 e. The van der Waals surface area contributed by atoms with Crippen LogP contribution in [-0.2, 0) is 16.0 Å². The van der Waals surface area contributed by atoms with E-state index in [1.807, 2.05) is 24.3 Å². The highest BCUT2D eigenvalue weighted by Gasteiger charge is 2.23. The molecule has 104 valence electrons. The van der Waals surface area contributed by atoms with E-state index in [0.29, 0.717) is 12.8 Å². The maximum absolute atomic E-state index is 11.8. The van der Waals surface area contributed by atoms with E-state index >= 15 is 0 Å². The van der Waals surface area contributed by atoms with Gasteiger partial charge in [-0.2, -0.15) is 0 Å². The van der Waals surface area contributed by atoms with Gasteiger partial charge >= 0.3 is 5.97 Å². The van der Waals surface area contributed by atoms with Crippen LogP contribution in [0.2, 0.25) is 0 Å². The normalized spacial score (nSPS) is 11.1. The number of aliphatic carboxylic acids is 1. The van der Waals surface area contributed by atoms with Gasteiger partial charge in [0.2, 0.25) is 5.91 Å². The van der Waals surface area contributed by atoms with Gasteiger partial charge in [-0.3, -0.25) is 9.59 Å². The van der Waals surface area contributed by atoms with E-state index in [9.17, 15) is 9.59 Å². The average molecular weight is 328 g/mol. The molecule has 0 aliphatic rings. The van der Waals surface area contributed by atoms with Crippen LogP contribution in [-0.4, -0.2) is 22.5 Å². The molecule has 0 saturated carbocycles. The van der Waals surface area contributed by atoms with Gasteiger partial charge in [0.05, 0.1) is 6.42 Å². The molecule has 0 aromatic heterocycles. The van der Waals surface area contributed by atoms with Crippen molar-refractivity contribution in [3.05, 3.63) is 34.3 Å². The van der Waals surface area contributed by atoms with Crippen molar-refractivity contribution in [1.82, 2.24) is 5.32 Å². The molecule has 1 aromatic carbocycles. The molecular formula is C14H18BrNO3. The standard InChI is InChI=1S/C14H18BrNO3/c1-14(2,9-13(18)19)16-12(17)7-6-10-4-3-5-11(15)8-10/h3-5,8H,6-7,9H2,1-2H3,(H,16,17)(H,18,19). The van der Waals surface area contributed by atoms with E-state index in [1.54, 1.807) is 13.8 Å². The highest BCUT2D eigenvalue weighted by molar-refractivity contribution is 9.10. The van der Waals surface area contributed by atoms with Crippen molar-refractivity contribution in [3.8, 4) is 0 Å². The lowest BCUT2D eigenvalue weighted by Gasteiger charge is -2.24. The first-order chi connectivity index (χ1) is 8.78. The first-order valence-corrected chi connectivity index (χ1v) is 6.85. The van der Waals surface area contributed by atoms with Gasteiger partial charge in [-0.05, 0) is 38.0 Å². The first-order valence-electron chi connectivity index (χ1n) is 6.06. The molecule has 19 heavy (non-hydrogen) atoms. The number of nitrogens with one attached hydrogen (secondary N) is 1. The molecular weight excluding hydrogens is 310 g/mol. The third kappa shape index (κ3) is 6.38. The molecule has 0 atom stereocenters. The Labute approximate surface area is 121 Å². The Kier molecular flexibility index (Phi) is 5.54. The summed E-state index contributed by atoms with van der Waals surface area (Å²) in [7, 11) is 0. The summed E-state index contributed by atoms with van der Waals surface area (Å²) in [5.41, 5.74) is 0.348. The van der Waals surface area contributed by atoms with Crippen molar-refractivity contribution in [1.29, 1.82) is 0 Å². The average Bonchev–Trinajstić information content (AvgIpc) is 2.24. The number of hydrogen-bond donors (Lipinski definition) is 2. The second kappa shape index (κ2) is 6.70. The molecule has 1 aromatic rings. The van der Waals surface area contributed by atoms with Crippen LogP contribution in [0, 0.1) is 0 Å². The van der Waals surface area contributed by atoms with Crippen LogP contribution in [0.25, 0.3) is 0 Å². The zero-order valence-electron chi connectivity index (χ0n) is 11.1. The number of hydrogen-bond acceptors (Lipinski definition) is 2. The molecule has 0 aliphatic heterocycles. The lowest BCUT2D eigenvalue weighted by atomic mass is 10.00. The monoisotopic (exact) mass is 327 g/mol. The number of carbonyl (C=O) groups is 2. The van der Waals surface area contributed by atoms with E-state index < -0.39 is 11.5 Å². The second-order valence-electron chi connectivity index (χ2n) is 5.13. The van der Waals surface area contributed by atoms with Crippen molar-refractivity contribution in [2.75, 3.05) is 0 Å². The fraction of sp³-hybridized carbons (Fsp3) is 0.429. The maximum Gasteiger partial charge on any atom is 0.305 e. The minimum absolute atomic E-state index is 0.0877. The van der Waals surface area contributed by atoms with Crippen LogP contribution < -0.4 is 5.32 Å². The van der Waals surface area contributed by atoms with Crippen molar-refractivity contribution >= 4 is 27.8 Å². The van der Waals surface area contributed by atoms with Crippen molar-refractivity contribution in [2.45, 2.75) is 38.6 Å². The molecule has 1 amide bonds. The lowest BCUT2D eigenvalue weighted by Crippen LogP contribution is -2.45. The van der Waals surface area contributed by atoms with Gasteiger partial charge < -0.3 is 10.4 Å². The predicted octanol–water partition coefficient (Wildman–Crippen LogP) is 2.75. The number of carboxylic acids is 1. The van der Waals surface area contributed by atoms with E-state index in [1.165, 1.54) is 0 Å². The van der Waals surface area contributed by atoms with Crippen molar-refractivity contribution in [3.63, 3.8) is 0 Å². The lowest BCUT2D eigenvalue weighted by molar-refractivity contribution is -0.138. The summed E-state index contributed by atoms with van der Waals surface area (Å²) >= 11 is 3.38. The van der Waals surface area contributed by atoms with Crippen LogP contribution in [0.3, 0.4) is 0 Å². The molecule has 0 heterocycles. The SMILES string of the molecule is CC(C)(CC(=O)O)NC(=O)CCc1cccc(Br)c1. The molecule has 0 fully saturated rings. The quantitative estimate of drug-likeness (QED) is 0.844. The number of aryl methyl sites for hydroxylation is 1. The summed E-state index contributed by atoms with van der Waals surface area (Å²) < 4.78 is 0.983. The van der Waals surface area contributed by atoms with Gasteiger partial charge in [-0.15, -0.1) is 0 Å². The molecule has 0 aliphatic carbocycles. The van der Waals surface area contributed by atoms with Crippen LogP contribution in [0.1, 0.15) is 32.3 Å². The predicted molar refractivity (Wildman–Crippen MR) is 76.9 cm³/mol. The van der Waals surface area contributed by atoms with Crippen LogP contribution >= 0.6 is 15.9 Å². The molecule has 0 radical (unpaired) electrons. The summed E-state index contributed by atoms with van der Waals surface area (Å²) in [5, 5.41) is 11.5. The summed E-state index contributed by atoms with van der Waals surface area (Å²) in [6, 6.07) is 7.78. The van der Waals surface area contributed by atoms with Gasteiger partial charge in [0.25, 0.3) is 0 Å². The molecule has 1 rings (SSSR count). The number of halogens is 1. The Morgan fingerprint density at radius 1 is 1.37 bits per heavy atom. The van der Waals surface area contributed by atoms with E-state index in [2.05, 4.69) is 21.2 Å². The van der Waals surface area contributed by atoms with Crippen LogP contribution in [0.5, 0.6) is 0 Å². The maximum atomic E-state index is 11.8. The largest absolute Gasteiger partial charge is 0.481 e. The number of amides is 1. The fourth-order valence-electron chi connectivity index (χ4n) is 1.81. The third-order valence-corrected chi connectivity index (χ3v) is 3.09. The molecule has 0 spiro atoms. The summed E-state index contributed by atoms with van der Waals surface area (Å²) in [6.07, 6.45) is 0.892. The molecule has 5 heteroatoms. The van der Waals surface area contributed by atoms with Gasteiger partial charge in [0.1, 0.15) is 0 Å². The summed E-state index contributed by atoms with van der Waals surface area (Å²) in [6.45, 7) is 3.41. The third-order valence-electron chi connectivity index (χ3n) is 2.60. The number of benzene rings is 1. The number of rotatable bonds is 6. The first kappa shape index (κ1) is 15.7. The molecule has 0 saturated heterocycles. The van der Waals surface area contributed by atoms with E-state index in [4.69, 9.17) is 5.11 Å². The smallest absolute Gasteiger partial charge is 0.305 e. The zero-order chi connectivity index (χ0) is 14.5. The topological polar surface area (TPSA) is 66.4 Å². The Morgan fingerprint density at radius 3 is 2.63 bits per heavy atom. The van der Waals surface area contributed by atoms with Crippen molar-refractivity contribution < 1.29 is 14.7 Å². The highest BCUT2D eigenvalue weighted by atomic mass is 79.9. The van der Waals surface area contributed by atoms with Crippen LogP contribution in [0.4, 0.5) is 0 Å². The van der Waals surface area contributed by atoms with E-state index in [0.717, 1.165) is 10.0 Å². The summed E-state index contributed by atoms with van der Waals surface area (Å²) in [5.74, 6) is -1.05. The van der Waals surface area contributed by atoms with E-state index in [-0.39, 0.29) is 12.3 Å². The van der Waals surface area contributed by atoms with Gasteiger partial charge in [-0.1, -0.05) is 28.1 Å². The molecule has 0 bridgehead atoms. The second-order valence-corrected chi connectivity index (χ2v) is 6.05. The number of carbonyl (C=O) groups excluding carboxylic acids is 1. The molecule has 2 N–H and O–H groups in total. The van der Waals surface area contributed by atoms with Gasteiger partial charge in [-0.25, -0.2) is 0 Å². The zero-order valence-corrected chi connectivity index (χ0v) is 12.7. The van der Waals surface area contributed by atoms with Crippen molar-refractivity contribution in [2.24, 2.45) is 0 Å². The molecule has 0 unspecified atom stereocenters. The Balaban J connectivity index is 2.46.